The Bertz CT molecular complexity index is 666. The summed E-state index contributed by atoms with van der Waals surface area (Å²) in [5.74, 6) is 1.30. The van der Waals surface area contributed by atoms with Crippen LogP contribution in [0, 0.1) is 11.3 Å². The fourth-order valence-electron chi connectivity index (χ4n) is 2.22. The van der Waals surface area contributed by atoms with Crippen LogP contribution in [0.4, 0.5) is 5.95 Å². The number of aromatic nitrogens is 3. The van der Waals surface area contributed by atoms with Crippen molar-refractivity contribution in [2.24, 2.45) is 0 Å². The van der Waals surface area contributed by atoms with Gasteiger partial charge >= 0.3 is 0 Å². The van der Waals surface area contributed by atoms with E-state index >= 15 is 0 Å². The Hall–Kier alpha value is -2.43. The molecule has 3 heterocycles. The van der Waals surface area contributed by atoms with Crippen molar-refractivity contribution in [3.63, 3.8) is 0 Å². The molecule has 3 rings (SSSR count). The lowest BCUT2D eigenvalue weighted by Gasteiger charge is -2.27. The van der Waals surface area contributed by atoms with E-state index in [1.807, 2.05) is 0 Å². The van der Waals surface area contributed by atoms with Crippen LogP contribution >= 0.6 is 12.4 Å². The van der Waals surface area contributed by atoms with Crippen LogP contribution in [0.3, 0.4) is 0 Å². The predicted octanol–water partition coefficient (Wildman–Crippen LogP) is 1.15. The Labute approximate surface area is 140 Å². The smallest absolute Gasteiger partial charge is 0.225 e. The highest BCUT2D eigenvalue weighted by atomic mass is 35.5. The Morgan fingerprint density at radius 3 is 2.65 bits per heavy atom. The van der Waals surface area contributed by atoms with Crippen molar-refractivity contribution in [1.82, 2.24) is 20.3 Å². The summed E-state index contributed by atoms with van der Waals surface area (Å²) < 4.78 is 5.64. The first-order chi connectivity index (χ1) is 10.9. The van der Waals surface area contributed by atoms with Crippen LogP contribution in [0.2, 0.25) is 0 Å². The summed E-state index contributed by atoms with van der Waals surface area (Å²) in [6.45, 7) is 3.99. The Morgan fingerprint density at radius 1 is 1.22 bits per heavy atom. The van der Waals surface area contributed by atoms with Crippen LogP contribution in [0.25, 0.3) is 0 Å². The molecule has 2 aromatic rings. The number of hydrogen-bond donors (Lipinski definition) is 1. The lowest BCUT2D eigenvalue weighted by atomic mass is 10.2. The second kappa shape index (κ2) is 8.27. The van der Waals surface area contributed by atoms with Gasteiger partial charge in [0.15, 0.2) is 5.75 Å². The summed E-state index contributed by atoms with van der Waals surface area (Å²) in [5.41, 5.74) is 1.31. The van der Waals surface area contributed by atoms with Crippen molar-refractivity contribution >= 4 is 18.4 Å². The summed E-state index contributed by atoms with van der Waals surface area (Å²) in [6.07, 6.45) is 6.50. The molecule has 1 aliphatic heterocycles. The molecule has 0 amide bonds. The second-order valence-electron chi connectivity index (χ2n) is 4.89. The van der Waals surface area contributed by atoms with Gasteiger partial charge in [-0.25, -0.2) is 9.97 Å². The van der Waals surface area contributed by atoms with Gasteiger partial charge in [0, 0.05) is 44.1 Å². The summed E-state index contributed by atoms with van der Waals surface area (Å²) in [6, 6.07) is 3.87. The largest absolute Gasteiger partial charge is 0.486 e. The zero-order chi connectivity index (χ0) is 15.2. The minimum absolute atomic E-state index is 0. The third-order valence-electron chi connectivity index (χ3n) is 3.44. The van der Waals surface area contributed by atoms with Crippen molar-refractivity contribution in [2.75, 3.05) is 31.1 Å². The van der Waals surface area contributed by atoms with Gasteiger partial charge < -0.3 is 15.0 Å². The van der Waals surface area contributed by atoms with E-state index in [4.69, 9.17) is 10.00 Å². The molecule has 2 aromatic heterocycles. The first-order valence-corrected chi connectivity index (χ1v) is 7.10. The summed E-state index contributed by atoms with van der Waals surface area (Å²) in [7, 11) is 0. The molecular formula is C15H17ClN6O. The summed E-state index contributed by atoms with van der Waals surface area (Å²) in [4.78, 5) is 14.7. The number of nitrogens with one attached hydrogen (secondary N) is 1. The van der Waals surface area contributed by atoms with Crippen molar-refractivity contribution in [1.29, 1.82) is 5.26 Å². The summed E-state index contributed by atoms with van der Waals surface area (Å²) >= 11 is 0. The van der Waals surface area contributed by atoms with Gasteiger partial charge in [-0.1, -0.05) is 0 Å². The minimum atomic E-state index is 0. The molecule has 23 heavy (non-hydrogen) atoms. The topological polar surface area (TPSA) is 87.0 Å². The van der Waals surface area contributed by atoms with Gasteiger partial charge in [0.05, 0.1) is 18.0 Å². The number of pyridine rings is 1. The van der Waals surface area contributed by atoms with Crippen molar-refractivity contribution < 1.29 is 4.74 Å². The molecule has 0 unspecified atom stereocenters. The van der Waals surface area contributed by atoms with Gasteiger partial charge in [-0.15, -0.1) is 12.4 Å². The Morgan fingerprint density at radius 2 is 1.96 bits per heavy atom. The van der Waals surface area contributed by atoms with Crippen molar-refractivity contribution in [3.05, 3.63) is 42.0 Å². The number of ether oxygens (including phenoxy) is 1. The number of hydrogen-bond acceptors (Lipinski definition) is 7. The van der Waals surface area contributed by atoms with E-state index in [0.717, 1.165) is 37.7 Å². The van der Waals surface area contributed by atoms with Crippen LogP contribution in [0.15, 0.2) is 30.9 Å². The zero-order valence-electron chi connectivity index (χ0n) is 12.5. The van der Waals surface area contributed by atoms with Gasteiger partial charge in [0.25, 0.3) is 0 Å². The summed E-state index contributed by atoms with van der Waals surface area (Å²) in [5, 5.41) is 12.3. The number of nitrogens with zero attached hydrogens (tertiary/aromatic N) is 5. The molecular weight excluding hydrogens is 316 g/mol. The van der Waals surface area contributed by atoms with Crippen LogP contribution in [0.1, 0.15) is 11.1 Å². The second-order valence-corrected chi connectivity index (χ2v) is 4.89. The molecule has 1 fully saturated rings. The zero-order valence-corrected chi connectivity index (χ0v) is 13.3. The Balaban J connectivity index is 0.00000192. The molecule has 1 N–H and O–H groups in total. The molecule has 0 spiro atoms. The molecule has 1 aliphatic rings. The number of nitriles is 1. The maximum atomic E-state index is 9.02. The third kappa shape index (κ3) is 4.28. The number of anilines is 1. The fourth-order valence-corrected chi connectivity index (χ4v) is 2.22. The fraction of sp³-hybridized carbons (Fsp3) is 0.333. The lowest BCUT2D eigenvalue weighted by Crippen LogP contribution is -2.44. The Kier molecular flexibility index (Phi) is 6.09. The minimum Gasteiger partial charge on any atom is -0.486 e. The molecule has 0 radical (unpaired) electrons. The van der Waals surface area contributed by atoms with Gasteiger partial charge in [-0.2, -0.15) is 5.26 Å². The number of piperazine rings is 1. The van der Waals surface area contributed by atoms with E-state index < -0.39 is 0 Å². The standard InChI is InChI=1S/C15H16N6O.ClH/c16-7-13-8-18-2-1-12(13)11-22-14-9-19-15(20-10-14)21-5-3-17-4-6-21;/h1-2,8-10,17H,3-6,11H2;1H. The van der Waals surface area contributed by atoms with Gasteiger partial charge in [-0.3, -0.25) is 4.98 Å². The quantitative estimate of drug-likeness (QED) is 0.898. The molecule has 0 aromatic carbocycles. The highest BCUT2D eigenvalue weighted by Crippen LogP contribution is 2.15. The van der Waals surface area contributed by atoms with E-state index in [9.17, 15) is 0 Å². The normalized spacial score (nSPS) is 13.8. The maximum Gasteiger partial charge on any atom is 0.225 e. The van der Waals surface area contributed by atoms with Crippen LogP contribution in [-0.2, 0) is 6.61 Å². The van der Waals surface area contributed by atoms with E-state index in [1.165, 1.54) is 6.20 Å². The SMILES string of the molecule is Cl.N#Cc1cnccc1COc1cnc(N2CCNCC2)nc1. The van der Waals surface area contributed by atoms with Gasteiger partial charge in [0.1, 0.15) is 12.7 Å². The van der Waals surface area contributed by atoms with Crippen molar-refractivity contribution in [2.45, 2.75) is 6.61 Å². The van der Waals surface area contributed by atoms with Gasteiger partial charge in [0.2, 0.25) is 5.95 Å². The molecule has 7 nitrogen and oxygen atoms in total. The van der Waals surface area contributed by atoms with E-state index in [0.29, 0.717) is 17.9 Å². The number of halogens is 1. The first-order valence-electron chi connectivity index (χ1n) is 7.10. The van der Waals surface area contributed by atoms with Crippen LogP contribution in [0.5, 0.6) is 5.75 Å². The highest BCUT2D eigenvalue weighted by Gasteiger charge is 2.12. The van der Waals surface area contributed by atoms with Crippen molar-refractivity contribution in [3.8, 4) is 11.8 Å². The number of rotatable bonds is 4. The van der Waals surface area contributed by atoms with E-state index in [-0.39, 0.29) is 12.4 Å². The highest BCUT2D eigenvalue weighted by molar-refractivity contribution is 5.85. The average Bonchev–Trinajstić information content (AvgIpc) is 2.61. The molecule has 8 heteroatoms. The van der Waals surface area contributed by atoms with Gasteiger partial charge in [-0.05, 0) is 6.07 Å². The molecule has 0 bridgehead atoms. The monoisotopic (exact) mass is 332 g/mol. The average molecular weight is 333 g/mol. The predicted molar refractivity (Wildman–Crippen MR) is 87.6 cm³/mol. The lowest BCUT2D eigenvalue weighted by molar-refractivity contribution is 0.303. The molecule has 0 saturated carbocycles. The molecule has 120 valence electrons. The third-order valence-corrected chi connectivity index (χ3v) is 3.44. The van der Waals surface area contributed by atoms with Crippen LogP contribution < -0.4 is 15.0 Å². The molecule has 0 aliphatic carbocycles. The van der Waals surface area contributed by atoms with Crippen LogP contribution in [-0.4, -0.2) is 41.1 Å². The first kappa shape index (κ1) is 16.9. The molecule has 1 saturated heterocycles. The van der Waals surface area contributed by atoms with E-state index in [2.05, 4.69) is 31.2 Å². The molecule has 0 atom stereocenters. The van der Waals surface area contributed by atoms with E-state index in [1.54, 1.807) is 24.7 Å². The maximum absolute atomic E-state index is 9.02.